The zero-order valence-corrected chi connectivity index (χ0v) is 13.6. The molecule has 0 saturated heterocycles. The van der Waals surface area contributed by atoms with Crippen molar-refractivity contribution in [3.8, 4) is 0 Å². The Morgan fingerprint density at radius 1 is 1.33 bits per heavy atom. The minimum absolute atomic E-state index is 0.338. The van der Waals surface area contributed by atoms with Gasteiger partial charge < -0.3 is 5.32 Å². The Hall–Kier alpha value is -0.950. The molecule has 0 bridgehead atoms. The molecule has 2 N–H and O–H groups in total. The quantitative estimate of drug-likeness (QED) is 0.719. The van der Waals surface area contributed by atoms with E-state index in [9.17, 15) is 8.42 Å². The van der Waals surface area contributed by atoms with Crippen LogP contribution in [-0.2, 0) is 16.6 Å². The van der Waals surface area contributed by atoms with Crippen LogP contribution in [0.3, 0.4) is 0 Å². The van der Waals surface area contributed by atoms with Gasteiger partial charge in [0.1, 0.15) is 0 Å². The van der Waals surface area contributed by atoms with Gasteiger partial charge in [0, 0.05) is 25.7 Å². The SMILES string of the molecule is CCN(CCNS(=O)(=O)c1cccc(CNC)c1)C1CC1. The van der Waals surface area contributed by atoms with Crippen LogP contribution in [0, 0.1) is 0 Å². The third-order valence-electron chi connectivity index (χ3n) is 3.75. The molecule has 0 aliphatic heterocycles. The van der Waals surface area contributed by atoms with Crippen LogP contribution < -0.4 is 10.0 Å². The Morgan fingerprint density at radius 2 is 2.10 bits per heavy atom. The maximum absolute atomic E-state index is 12.3. The van der Waals surface area contributed by atoms with Gasteiger partial charge in [0.25, 0.3) is 0 Å². The smallest absolute Gasteiger partial charge is 0.240 e. The van der Waals surface area contributed by atoms with Crippen molar-refractivity contribution in [3.05, 3.63) is 29.8 Å². The Kier molecular flexibility index (Phi) is 5.75. The molecule has 2 rings (SSSR count). The minimum Gasteiger partial charge on any atom is -0.316 e. The van der Waals surface area contributed by atoms with Crippen molar-refractivity contribution in [1.29, 1.82) is 0 Å². The highest BCUT2D eigenvalue weighted by Gasteiger charge is 2.27. The second-order valence-electron chi connectivity index (χ2n) is 5.44. The molecule has 1 aliphatic carbocycles. The van der Waals surface area contributed by atoms with E-state index in [1.165, 1.54) is 12.8 Å². The molecule has 1 aromatic rings. The number of nitrogens with zero attached hydrogens (tertiary/aromatic N) is 1. The lowest BCUT2D eigenvalue weighted by atomic mass is 10.2. The number of rotatable bonds is 9. The van der Waals surface area contributed by atoms with E-state index in [0.717, 1.165) is 18.7 Å². The fourth-order valence-corrected chi connectivity index (χ4v) is 3.56. The van der Waals surface area contributed by atoms with Crippen LogP contribution in [0.5, 0.6) is 0 Å². The number of hydrogen-bond acceptors (Lipinski definition) is 4. The first-order chi connectivity index (χ1) is 10.1. The van der Waals surface area contributed by atoms with Gasteiger partial charge in [0.2, 0.25) is 10.0 Å². The molecule has 1 aromatic carbocycles. The number of sulfonamides is 1. The largest absolute Gasteiger partial charge is 0.316 e. The van der Waals surface area contributed by atoms with Crippen LogP contribution in [0.15, 0.2) is 29.2 Å². The van der Waals surface area contributed by atoms with E-state index in [1.807, 2.05) is 13.1 Å². The lowest BCUT2D eigenvalue weighted by Gasteiger charge is -2.19. The molecule has 0 heterocycles. The molecule has 0 radical (unpaired) electrons. The molecule has 0 atom stereocenters. The topological polar surface area (TPSA) is 61.4 Å². The van der Waals surface area contributed by atoms with E-state index in [2.05, 4.69) is 21.9 Å². The van der Waals surface area contributed by atoms with Crippen molar-refractivity contribution in [2.45, 2.75) is 37.2 Å². The van der Waals surface area contributed by atoms with Crippen molar-refractivity contribution in [3.63, 3.8) is 0 Å². The predicted octanol–water partition coefficient (Wildman–Crippen LogP) is 1.17. The van der Waals surface area contributed by atoms with E-state index >= 15 is 0 Å². The summed E-state index contributed by atoms with van der Waals surface area (Å²) in [6.07, 6.45) is 2.49. The van der Waals surface area contributed by atoms with Crippen LogP contribution >= 0.6 is 0 Å². The highest BCUT2D eigenvalue weighted by atomic mass is 32.2. The van der Waals surface area contributed by atoms with Crippen LogP contribution in [0.25, 0.3) is 0 Å². The number of hydrogen-bond donors (Lipinski definition) is 2. The molecule has 1 aliphatic rings. The third-order valence-corrected chi connectivity index (χ3v) is 5.21. The summed E-state index contributed by atoms with van der Waals surface area (Å²) in [4.78, 5) is 2.67. The first kappa shape index (κ1) is 16.4. The predicted molar refractivity (Wildman–Crippen MR) is 84.7 cm³/mol. The summed E-state index contributed by atoms with van der Waals surface area (Å²) in [5.41, 5.74) is 0.966. The van der Waals surface area contributed by atoms with Crippen LogP contribution in [0.2, 0.25) is 0 Å². The average Bonchev–Trinajstić information content (AvgIpc) is 3.29. The molecular formula is C15H25N3O2S. The summed E-state index contributed by atoms with van der Waals surface area (Å²) in [6.45, 7) is 4.99. The normalized spacial score (nSPS) is 15.6. The standard InChI is InChI=1S/C15H25N3O2S/c1-3-18(14-7-8-14)10-9-17-21(19,20)15-6-4-5-13(11-15)12-16-2/h4-6,11,14,16-17H,3,7-10,12H2,1-2H3. The lowest BCUT2D eigenvalue weighted by molar-refractivity contribution is 0.282. The van der Waals surface area contributed by atoms with Gasteiger partial charge in [-0.3, -0.25) is 4.90 Å². The number of likely N-dealkylation sites (N-methyl/N-ethyl adjacent to an activating group) is 1. The monoisotopic (exact) mass is 311 g/mol. The molecular weight excluding hydrogens is 286 g/mol. The zero-order chi connectivity index (χ0) is 15.3. The second kappa shape index (κ2) is 7.35. The summed E-state index contributed by atoms with van der Waals surface area (Å²) in [7, 11) is -1.57. The van der Waals surface area contributed by atoms with Gasteiger partial charge in [-0.1, -0.05) is 19.1 Å². The van der Waals surface area contributed by atoms with E-state index in [-0.39, 0.29) is 0 Å². The first-order valence-electron chi connectivity index (χ1n) is 7.54. The number of nitrogens with one attached hydrogen (secondary N) is 2. The molecule has 0 unspecified atom stereocenters. The summed E-state index contributed by atoms with van der Waals surface area (Å²) in [5, 5.41) is 3.03. The summed E-state index contributed by atoms with van der Waals surface area (Å²) >= 11 is 0. The van der Waals surface area contributed by atoms with Crippen molar-refractivity contribution >= 4 is 10.0 Å². The van der Waals surface area contributed by atoms with Crippen molar-refractivity contribution in [2.24, 2.45) is 0 Å². The summed E-state index contributed by atoms with van der Waals surface area (Å²) < 4.78 is 27.3. The Labute approximate surface area is 127 Å². The maximum atomic E-state index is 12.3. The molecule has 21 heavy (non-hydrogen) atoms. The first-order valence-corrected chi connectivity index (χ1v) is 9.02. The molecule has 0 amide bonds. The van der Waals surface area contributed by atoms with Gasteiger partial charge >= 0.3 is 0 Å². The van der Waals surface area contributed by atoms with E-state index in [0.29, 0.717) is 24.0 Å². The van der Waals surface area contributed by atoms with Crippen LogP contribution in [-0.4, -0.2) is 46.0 Å². The molecule has 0 aromatic heterocycles. The van der Waals surface area contributed by atoms with Gasteiger partial charge in [0.05, 0.1) is 4.90 Å². The Balaban J connectivity index is 1.92. The van der Waals surface area contributed by atoms with Gasteiger partial charge in [0.15, 0.2) is 0 Å². The third kappa shape index (κ3) is 4.78. The van der Waals surface area contributed by atoms with Crippen LogP contribution in [0.4, 0.5) is 0 Å². The van der Waals surface area contributed by atoms with Crippen molar-refractivity contribution in [1.82, 2.24) is 14.9 Å². The highest BCUT2D eigenvalue weighted by Crippen LogP contribution is 2.25. The van der Waals surface area contributed by atoms with E-state index in [1.54, 1.807) is 18.2 Å². The highest BCUT2D eigenvalue weighted by molar-refractivity contribution is 7.89. The zero-order valence-electron chi connectivity index (χ0n) is 12.8. The molecule has 1 fully saturated rings. The van der Waals surface area contributed by atoms with Gasteiger partial charge in [-0.2, -0.15) is 0 Å². The summed E-state index contributed by atoms with van der Waals surface area (Å²) in [6, 6.07) is 7.72. The number of benzene rings is 1. The van der Waals surface area contributed by atoms with E-state index in [4.69, 9.17) is 0 Å². The van der Waals surface area contributed by atoms with Crippen LogP contribution in [0.1, 0.15) is 25.3 Å². The van der Waals surface area contributed by atoms with Gasteiger partial charge in [-0.15, -0.1) is 0 Å². The molecule has 0 spiro atoms. The maximum Gasteiger partial charge on any atom is 0.240 e. The fourth-order valence-electron chi connectivity index (χ4n) is 2.47. The average molecular weight is 311 g/mol. The minimum atomic E-state index is -3.41. The Bertz CT molecular complexity index is 556. The summed E-state index contributed by atoms with van der Waals surface area (Å²) in [5.74, 6) is 0. The molecule has 5 nitrogen and oxygen atoms in total. The Morgan fingerprint density at radius 3 is 2.71 bits per heavy atom. The van der Waals surface area contributed by atoms with Gasteiger partial charge in [-0.25, -0.2) is 13.1 Å². The van der Waals surface area contributed by atoms with Crippen molar-refractivity contribution in [2.75, 3.05) is 26.7 Å². The fraction of sp³-hybridized carbons (Fsp3) is 0.600. The molecule has 1 saturated carbocycles. The molecule has 118 valence electrons. The van der Waals surface area contributed by atoms with Crippen molar-refractivity contribution < 1.29 is 8.42 Å². The van der Waals surface area contributed by atoms with E-state index < -0.39 is 10.0 Å². The second-order valence-corrected chi connectivity index (χ2v) is 7.20. The van der Waals surface area contributed by atoms with Gasteiger partial charge in [-0.05, 0) is 44.1 Å². The lowest BCUT2D eigenvalue weighted by Crippen LogP contribution is -2.36. The molecule has 6 heteroatoms.